The first-order chi connectivity index (χ1) is 11.7. The van der Waals surface area contributed by atoms with Crippen LogP contribution in [0.1, 0.15) is 30.9 Å². The van der Waals surface area contributed by atoms with E-state index in [1.165, 1.54) is 0 Å². The van der Waals surface area contributed by atoms with Crippen LogP contribution < -0.4 is 15.8 Å². The molecule has 2 aromatic rings. The predicted octanol–water partition coefficient (Wildman–Crippen LogP) is 3.47. The monoisotopic (exact) mass is 362 g/mol. The maximum Gasteiger partial charge on any atom is 0.237 e. The summed E-state index contributed by atoms with van der Waals surface area (Å²) in [6, 6.07) is 17.0. The standard InChI is InChI=1S/C20H26N2O2.ClH/c1-2-3-12-24-18-11-7-10-17(13-18)15-22-20(23)19(21)14-16-8-5-4-6-9-16;/h4-11,13,19H,2-3,12,14-15,21H2,1H3,(H,22,23);1H. The quantitative estimate of drug-likeness (QED) is 0.671. The molecule has 0 spiro atoms. The molecule has 0 bridgehead atoms. The molecule has 0 radical (unpaired) electrons. The van der Waals surface area contributed by atoms with Crippen LogP contribution in [0.2, 0.25) is 0 Å². The average Bonchev–Trinajstić information content (AvgIpc) is 2.61. The fourth-order valence-corrected chi connectivity index (χ4v) is 2.36. The van der Waals surface area contributed by atoms with Crippen LogP contribution in [0.3, 0.4) is 0 Å². The smallest absolute Gasteiger partial charge is 0.237 e. The third-order valence-corrected chi connectivity index (χ3v) is 3.77. The minimum Gasteiger partial charge on any atom is -0.494 e. The van der Waals surface area contributed by atoms with E-state index in [0.29, 0.717) is 19.6 Å². The van der Waals surface area contributed by atoms with Crippen LogP contribution in [-0.4, -0.2) is 18.6 Å². The molecular formula is C20H27ClN2O2. The highest BCUT2D eigenvalue weighted by atomic mass is 35.5. The summed E-state index contributed by atoms with van der Waals surface area (Å²) in [5, 5.41) is 2.89. The number of nitrogens with two attached hydrogens (primary N) is 1. The van der Waals surface area contributed by atoms with Crippen molar-refractivity contribution in [2.75, 3.05) is 6.61 Å². The van der Waals surface area contributed by atoms with Gasteiger partial charge in [0.2, 0.25) is 5.91 Å². The Labute approximate surface area is 156 Å². The van der Waals surface area contributed by atoms with Crippen LogP contribution in [-0.2, 0) is 17.8 Å². The Morgan fingerprint density at radius 2 is 1.84 bits per heavy atom. The number of amides is 1. The average molecular weight is 363 g/mol. The first-order valence-electron chi connectivity index (χ1n) is 8.48. The molecule has 3 N–H and O–H groups in total. The lowest BCUT2D eigenvalue weighted by Gasteiger charge is -2.13. The lowest BCUT2D eigenvalue weighted by atomic mass is 10.1. The minimum atomic E-state index is -0.545. The van der Waals surface area contributed by atoms with E-state index in [2.05, 4.69) is 12.2 Å². The van der Waals surface area contributed by atoms with Crippen molar-refractivity contribution in [3.63, 3.8) is 0 Å². The van der Waals surface area contributed by atoms with Crippen molar-refractivity contribution in [1.82, 2.24) is 5.32 Å². The summed E-state index contributed by atoms with van der Waals surface area (Å²) >= 11 is 0. The van der Waals surface area contributed by atoms with E-state index >= 15 is 0 Å². The van der Waals surface area contributed by atoms with Gasteiger partial charge in [-0.2, -0.15) is 0 Å². The van der Waals surface area contributed by atoms with Gasteiger partial charge in [-0.3, -0.25) is 4.79 Å². The molecule has 0 saturated carbocycles. The Kier molecular flexibility index (Phi) is 9.66. The molecule has 5 heteroatoms. The zero-order valence-corrected chi connectivity index (χ0v) is 15.4. The molecule has 25 heavy (non-hydrogen) atoms. The maximum atomic E-state index is 12.1. The molecule has 1 amide bonds. The van der Waals surface area contributed by atoms with Gasteiger partial charge in [0.1, 0.15) is 5.75 Å². The number of rotatable bonds is 9. The van der Waals surface area contributed by atoms with Crippen LogP contribution in [0.4, 0.5) is 0 Å². The highest BCUT2D eigenvalue weighted by molar-refractivity contribution is 5.85. The molecule has 1 atom stereocenters. The summed E-state index contributed by atoms with van der Waals surface area (Å²) in [6.07, 6.45) is 2.68. The predicted molar refractivity (Wildman–Crippen MR) is 104 cm³/mol. The minimum absolute atomic E-state index is 0. The number of unbranched alkanes of at least 4 members (excludes halogenated alkanes) is 1. The Morgan fingerprint density at radius 3 is 2.56 bits per heavy atom. The van der Waals surface area contributed by atoms with E-state index in [1.807, 2.05) is 54.6 Å². The molecule has 0 fully saturated rings. The van der Waals surface area contributed by atoms with E-state index in [0.717, 1.165) is 29.7 Å². The SMILES string of the molecule is CCCCOc1cccc(CNC(=O)C(N)Cc2ccccc2)c1.Cl. The third-order valence-electron chi connectivity index (χ3n) is 3.77. The summed E-state index contributed by atoms with van der Waals surface area (Å²) in [7, 11) is 0. The van der Waals surface area contributed by atoms with Gasteiger partial charge in [-0.15, -0.1) is 12.4 Å². The Bertz CT molecular complexity index is 635. The fraction of sp³-hybridized carbons (Fsp3) is 0.350. The lowest BCUT2D eigenvalue weighted by Crippen LogP contribution is -2.41. The molecule has 2 rings (SSSR count). The summed E-state index contributed by atoms with van der Waals surface area (Å²) in [6.45, 7) is 3.30. The van der Waals surface area contributed by atoms with Crippen molar-refractivity contribution in [2.45, 2.75) is 38.8 Å². The van der Waals surface area contributed by atoms with Gasteiger partial charge in [-0.05, 0) is 36.1 Å². The summed E-state index contributed by atoms with van der Waals surface area (Å²) in [5.74, 6) is 0.694. The van der Waals surface area contributed by atoms with Crippen molar-refractivity contribution >= 4 is 18.3 Å². The number of benzene rings is 2. The molecule has 0 aliphatic rings. The molecule has 0 aliphatic heterocycles. The second-order valence-corrected chi connectivity index (χ2v) is 5.86. The summed E-state index contributed by atoms with van der Waals surface area (Å²) in [5.41, 5.74) is 8.05. The number of carbonyl (C=O) groups is 1. The molecule has 0 heterocycles. The van der Waals surface area contributed by atoms with Gasteiger partial charge >= 0.3 is 0 Å². The number of nitrogens with one attached hydrogen (secondary N) is 1. The van der Waals surface area contributed by atoms with Gasteiger partial charge in [0, 0.05) is 6.54 Å². The van der Waals surface area contributed by atoms with Crippen LogP contribution in [0.5, 0.6) is 5.75 Å². The topological polar surface area (TPSA) is 64.3 Å². The Balaban J connectivity index is 0.00000312. The number of hydrogen-bond donors (Lipinski definition) is 2. The van der Waals surface area contributed by atoms with Crippen LogP contribution in [0, 0.1) is 0 Å². The molecule has 2 aromatic carbocycles. The van der Waals surface area contributed by atoms with Crippen LogP contribution in [0.15, 0.2) is 54.6 Å². The number of hydrogen-bond acceptors (Lipinski definition) is 3. The molecular weight excluding hydrogens is 336 g/mol. The lowest BCUT2D eigenvalue weighted by molar-refractivity contribution is -0.122. The third kappa shape index (κ3) is 7.59. The maximum absolute atomic E-state index is 12.1. The van der Waals surface area contributed by atoms with E-state index in [9.17, 15) is 4.79 Å². The highest BCUT2D eigenvalue weighted by Gasteiger charge is 2.13. The zero-order valence-electron chi connectivity index (χ0n) is 14.6. The molecule has 0 aliphatic carbocycles. The van der Waals surface area contributed by atoms with Crippen molar-refractivity contribution in [1.29, 1.82) is 0 Å². The molecule has 1 unspecified atom stereocenters. The molecule has 4 nitrogen and oxygen atoms in total. The normalized spacial score (nSPS) is 11.3. The first kappa shape index (κ1) is 21.0. The second-order valence-electron chi connectivity index (χ2n) is 5.86. The highest BCUT2D eigenvalue weighted by Crippen LogP contribution is 2.14. The van der Waals surface area contributed by atoms with Crippen molar-refractivity contribution in [3.05, 3.63) is 65.7 Å². The van der Waals surface area contributed by atoms with E-state index in [1.54, 1.807) is 0 Å². The summed E-state index contributed by atoms with van der Waals surface area (Å²) < 4.78 is 5.68. The van der Waals surface area contributed by atoms with Gasteiger partial charge in [-0.1, -0.05) is 55.8 Å². The Morgan fingerprint density at radius 1 is 1.12 bits per heavy atom. The zero-order chi connectivity index (χ0) is 17.2. The largest absolute Gasteiger partial charge is 0.494 e. The number of ether oxygens (including phenoxy) is 1. The first-order valence-corrected chi connectivity index (χ1v) is 8.48. The Hall–Kier alpha value is -2.04. The number of carbonyl (C=O) groups excluding carboxylic acids is 1. The fourth-order valence-electron chi connectivity index (χ4n) is 2.36. The van der Waals surface area contributed by atoms with Gasteiger partial charge in [0.25, 0.3) is 0 Å². The van der Waals surface area contributed by atoms with Crippen molar-refractivity contribution in [3.8, 4) is 5.75 Å². The van der Waals surface area contributed by atoms with Crippen LogP contribution in [0.25, 0.3) is 0 Å². The molecule has 0 aromatic heterocycles. The van der Waals surface area contributed by atoms with E-state index < -0.39 is 6.04 Å². The van der Waals surface area contributed by atoms with Gasteiger partial charge in [0.15, 0.2) is 0 Å². The van der Waals surface area contributed by atoms with Crippen LogP contribution >= 0.6 is 12.4 Å². The van der Waals surface area contributed by atoms with Gasteiger partial charge in [-0.25, -0.2) is 0 Å². The molecule has 0 saturated heterocycles. The van der Waals surface area contributed by atoms with Gasteiger partial charge in [0.05, 0.1) is 12.6 Å². The van der Waals surface area contributed by atoms with Gasteiger partial charge < -0.3 is 15.8 Å². The van der Waals surface area contributed by atoms with Crippen molar-refractivity contribution in [2.24, 2.45) is 5.73 Å². The van der Waals surface area contributed by atoms with Crippen molar-refractivity contribution < 1.29 is 9.53 Å². The number of halogens is 1. The van der Waals surface area contributed by atoms with E-state index in [4.69, 9.17) is 10.5 Å². The molecule has 136 valence electrons. The second kappa shape index (κ2) is 11.5. The summed E-state index contributed by atoms with van der Waals surface area (Å²) in [4.78, 5) is 12.1. The van der Waals surface area contributed by atoms with E-state index in [-0.39, 0.29) is 18.3 Å².